The maximum Gasteiger partial charge on any atom is 0.160 e. The van der Waals surface area contributed by atoms with Gasteiger partial charge in [0.05, 0.1) is 43.8 Å². The first kappa shape index (κ1) is 24.8. The SMILES string of the molecule is COc1ccc(-c2c(OCC3COC3)cc(N3CCC(N)CC3)nc2-c2ccc(C#N)c(F)c2)cc1O. The van der Waals surface area contributed by atoms with Crippen LogP contribution >= 0.6 is 0 Å². The Balaban J connectivity index is 1.69. The van der Waals surface area contributed by atoms with Gasteiger partial charge in [0, 0.05) is 36.7 Å². The van der Waals surface area contributed by atoms with E-state index in [1.807, 2.05) is 12.1 Å². The number of anilines is 1. The van der Waals surface area contributed by atoms with Crippen molar-refractivity contribution >= 4 is 5.82 Å². The predicted molar refractivity (Wildman–Crippen MR) is 137 cm³/mol. The number of piperidine rings is 1. The summed E-state index contributed by atoms with van der Waals surface area (Å²) in [6, 6.07) is 13.4. The number of halogens is 1. The Labute approximate surface area is 215 Å². The van der Waals surface area contributed by atoms with E-state index in [2.05, 4.69) is 4.90 Å². The molecule has 0 amide bonds. The third-order valence-electron chi connectivity index (χ3n) is 6.85. The van der Waals surface area contributed by atoms with E-state index in [1.165, 1.54) is 19.2 Å². The number of benzene rings is 2. The number of nitrogens with two attached hydrogens (primary N) is 1. The summed E-state index contributed by atoms with van der Waals surface area (Å²) in [6.45, 7) is 3.20. The summed E-state index contributed by atoms with van der Waals surface area (Å²) >= 11 is 0. The molecule has 2 fully saturated rings. The zero-order valence-electron chi connectivity index (χ0n) is 20.6. The average molecular weight is 505 g/mol. The summed E-state index contributed by atoms with van der Waals surface area (Å²) in [6.07, 6.45) is 1.68. The van der Waals surface area contributed by atoms with Crippen molar-refractivity contribution in [2.24, 2.45) is 11.7 Å². The highest BCUT2D eigenvalue weighted by Crippen LogP contribution is 2.43. The zero-order chi connectivity index (χ0) is 25.9. The van der Waals surface area contributed by atoms with Crippen molar-refractivity contribution in [3.8, 4) is 45.7 Å². The van der Waals surface area contributed by atoms with E-state index in [9.17, 15) is 14.8 Å². The Morgan fingerprint density at radius 1 is 1.14 bits per heavy atom. The van der Waals surface area contributed by atoms with Crippen molar-refractivity contribution in [1.82, 2.24) is 4.98 Å². The third kappa shape index (κ3) is 5.17. The minimum Gasteiger partial charge on any atom is -0.504 e. The summed E-state index contributed by atoms with van der Waals surface area (Å²) in [5, 5.41) is 19.8. The number of pyridine rings is 1. The van der Waals surface area contributed by atoms with Crippen molar-refractivity contribution in [2.75, 3.05) is 44.9 Å². The van der Waals surface area contributed by atoms with Crippen LogP contribution in [0.5, 0.6) is 17.2 Å². The van der Waals surface area contributed by atoms with Crippen molar-refractivity contribution < 1.29 is 23.7 Å². The standard InChI is InChI=1S/C28H29FN4O4/c1-35-24-5-4-18(11-23(24)34)27-25(37-16-17-14-36-15-17)12-26(33-8-6-21(31)7-9-33)32-28(27)19-2-3-20(13-30)22(29)10-19/h2-5,10-12,17,21,34H,6-9,14-16,31H2,1H3. The smallest absolute Gasteiger partial charge is 0.160 e. The topological polar surface area (TPSA) is 114 Å². The first-order valence-electron chi connectivity index (χ1n) is 12.3. The lowest BCUT2D eigenvalue weighted by atomic mass is 9.96. The lowest BCUT2D eigenvalue weighted by Gasteiger charge is -2.32. The van der Waals surface area contributed by atoms with Gasteiger partial charge < -0.3 is 30.0 Å². The van der Waals surface area contributed by atoms with Crippen LogP contribution in [-0.2, 0) is 4.74 Å². The van der Waals surface area contributed by atoms with Gasteiger partial charge in [-0.3, -0.25) is 0 Å². The van der Waals surface area contributed by atoms with Gasteiger partial charge in [0.2, 0.25) is 0 Å². The number of rotatable bonds is 7. The fourth-order valence-corrected chi connectivity index (χ4v) is 4.59. The third-order valence-corrected chi connectivity index (χ3v) is 6.85. The van der Waals surface area contributed by atoms with E-state index in [0.717, 1.165) is 25.9 Å². The van der Waals surface area contributed by atoms with Gasteiger partial charge in [-0.1, -0.05) is 12.1 Å². The van der Waals surface area contributed by atoms with E-state index >= 15 is 0 Å². The Kier molecular flexibility index (Phi) is 7.12. The van der Waals surface area contributed by atoms with Crippen LogP contribution in [0.4, 0.5) is 10.2 Å². The van der Waals surface area contributed by atoms with Crippen LogP contribution < -0.4 is 20.1 Å². The lowest BCUT2D eigenvalue weighted by Crippen LogP contribution is -2.40. The molecular formula is C28H29FN4O4. The maximum atomic E-state index is 14.8. The minimum absolute atomic E-state index is 0.0376. The van der Waals surface area contributed by atoms with Crippen LogP contribution in [0.1, 0.15) is 18.4 Å². The Bertz CT molecular complexity index is 1330. The van der Waals surface area contributed by atoms with Crippen LogP contribution in [0.3, 0.4) is 0 Å². The molecule has 5 rings (SSSR count). The number of methoxy groups -OCH3 is 1. The highest BCUT2D eigenvalue weighted by atomic mass is 19.1. The van der Waals surface area contributed by atoms with Crippen LogP contribution in [-0.4, -0.2) is 56.2 Å². The second-order valence-corrected chi connectivity index (χ2v) is 9.43. The molecule has 37 heavy (non-hydrogen) atoms. The molecule has 2 aromatic carbocycles. The molecule has 0 unspecified atom stereocenters. The molecule has 1 aromatic heterocycles. The van der Waals surface area contributed by atoms with E-state index in [1.54, 1.807) is 24.3 Å². The lowest BCUT2D eigenvalue weighted by molar-refractivity contribution is -0.0507. The van der Waals surface area contributed by atoms with Crippen molar-refractivity contribution in [2.45, 2.75) is 18.9 Å². The summed E-state index contributed by atoms with van der Waals surface area (Å²) in [4.78, 5) is 7.13. The first-order valence-corrected chi connectivity index (χ1v) is 12.3. The highest BCUT2D eigenvalue weighted by molar-refractivity contribution is 5.87. The number of nitriles is 1. The second-order valence-electron chi connectivity index (χ2n) is 9.43. The molecular weight excluding hydrogens is 475 g/mol. The number of hydrogen-bond donors (Lipinski definition) is 2. The van der Waals surface area contributed by atoms with Crippen LogP contribution in [0.15, 0.2) is 42.5 Å². The van der Waals surface area contributed by atoms with Crippen LogP contribution in [0.25, 0.3) is 22.4 Å². The van der Waals surface area contributed by atoms with Gasteiger partial charge in [0.15, 0.2) is 11.5 Å². The van der Waals surface area contributed by atoms with Crippen molar-refractivity contribution in [1.29, 1.82) is 5.26 Å². The second kappa shape index (κ2) is 10.6. The molecule has 0 saturated carbocycles. The quantitative estimate of drug-likeness (QED) is 0.495. The number of ether oxygens (including phenoxy) is 3. The molecule has 8 nitrogen and oxygen atoms in total. The molecule has 2 saturated heterocycles. The Morgan fingerprint density at radius 3 is 2.51 bits per heavy atom. The maximum absolute atomic E-state index is 14.8. The normalized spacial score (nSPS) is 16.2. The molecule has 9 heteroatoms. The van der Waals surface area contributed by atoms with E-state index in [0.29, 0.717) is 59.5 Å². The molecule has 0 atom stereocenters. The first-order chi connectivity index (χ1) is 18.0. The molecule has 3 heterocycles. The van der Waals surface area contributed by atoms with Gasteiger partial charge in [-0.2, -0.15) is 5.26 Å². The van der Waals surface area contributed by atoms with Gasteiger partial charge in [-0.15, -0.1) is 0 Å². The molecule has 2 aliphatic heterocycles. The monoisotopic (exact) mass is 504 g/mol. The zero-order valence-corrected chi connectivity index (χ0v) is 20.6. The molecule has 0 aliphatic carbocycles. The largest absolute Gasteiger partial charge is 0.504 e. The molecule has 0 bridgehead atoms. The fourth-order valence-electron chi connectivity index (χ4n) is 4.59. The summed E-state index contributed by atoms with van der Waals surface area (Å²) in [5.74, 6) is 1.21. The van der Waals surface area contributed by atoms with Crippen molar-refractivity contribution in [3.05, 3.63) is 53.8 Å². The molecule has 2 aliphatic rings. The Hall–Kier alpha value is -3.87. The number of phenolic OH excluding ortho intramolecular Hbond substituents is 1. The average Bonchev–Trinajstić information content (AvgIpc) is 2.87. The number of nitrogens with zero attached hydrogens (tertiary/aromatic N) is 3. The van der Waals surface area contributed by atoms with Crippen LogP contribution in [0.2, 0.25) is 0 Å². The molecule has 3 N–H and O–H groups in total. The van der Waals surface area contributed by atoms with Gasteiger partial charge in [0.25, 0.3) is 0 Å². The summed E-state index contributed by atoms with van der Waals surface area (Å²) < 4.78 is 31.6. The predicted octanol–water partition coefficient (Wildman–Crippen LogP) is 4.09. The summed E-state index contributed by atoms with van der Waals surface area (Å²) in [5.41, 5.74) is 8.31. The van der Waals surface area contributed by atoms with E-state index in [-0.39, 0.29) is 23.3 Å². The van der Waals surface area contributed by atoms with Crippen LogP contribution in [0, 0.1) is 23.1 Å². The molecule has 3 aromatic rings. The Morgan fingerprint density at radius 2 is 1.89 bits per heavy atom. The van der Waals surface area contributed by atoms with E-state index < -0.39 is 5.82 Å². The van der Waals surface area contributed by atoms with Gasteiger partial charge in [-0.25, -0.2) is 9.37 Å². The van der Waals surface area contributed by atoms with Gasteiger partial charge >= 0.3 is 0 Å². The fraction of sp³-hybridized carbons (Fsp3) is 0.357. The molecule has 192 valence electrons. The molecule has 0 radical (unpaired) electrons. The number of phenols is 1. The number of aromatic nitrogens is 1. The van der Waals surface area contributed by atoms with E-state index in [4.69, 9.17) is 24.9 Å². The van der Waals surface area contributed by atoms with Gasteiger partial charge in [-0.05, 0) is 42.7 Å². The molecule has 0 spiro atoms. The highest BCUT2D eigenvalue weighted by Gasteiger charge is 2.26. The summed E-state index contributed by atoms with van der Waals surface area (Å²) in [7, 11) is 1.48. The van der Waals surface area contributed by atoms with Gasteiger partial charge in [0.1, 0.15) is 23.5 Å². The minimum atomic E-state index is -0.631. The number of aromatic hydroxyl groups is 1. The number of hydrogen-bond acceptors (Lipinski definition) is 8. The van der Waals surface area contributed by atoms with Crippen molar-refractivity contribution in [3.63, 3.8) is 0 Å².